The summed E-state index contributed by atoms with van der Waals surface area (Å²) in [5.74, 6) is -0.431. The van der Waals surface area contributed by atoms with Crippen molar-refractivity contribution in [1.29, 1.82) is 0 Å². The minimum atomic E-state index is -0.653. The Bertz CT molecular complexity index is 679. The summed E-state index contributed by atoms with van der Waals surface area (Å²) in [5.41, 5.74) is 0.0700. The Morgan fingerprint density at radius 2 is 2.24 bits per heavy atom. The second kappa shape index (κ2) is 6.04. The standard InChI is InChI=1S/C13H12N2O6/c1-3-20-13(16)11-12(21-7-14-11)8-4-5-10(19-2)9(6-8)15(17)18/h4-7H,3H2,1-2H3. The molecule has 1 aromatic heterocycles. The summed E-state index contributed by atoms with van der Waals surface area (Å²) in [6.45, 7) is 1.85. The first-order valence-corrected chi connectivity index (χ1v) is 6.01. The molecule has 21 heavy (non-hydrogen) atoms. The molecule has 1 aromatic carbocycles. The van der Waals surface area contributed by atoms with Crippen LogP contribution >= 0.6 is 0 Å². The maximum absolute atomic E-state index is 11.7. The fraction of sp³-hybridized carbons (Fsp3) is 0.231. The average Bonchev–Trinajstić information content (AvgIpc) is 2.96. The predicted molar refractivity (Wildman–Crippen MR) is 71.1 cm³/mol. The van der Waals surface area contributed by atoms with Crippen molar-refractivity contribution in [3.8, 4) is 17.1 Å². The number of nitro benzene ring substituents is 1. The summed E-state index contributed by atoms with van der Waals surface area (Å²) in [7, 11) is 1.33. The van der Waals surface area contributed by atoms with E-state index < -0.39 is 10.9 Å². The Labute approximate surface area is 119 Å². The van der Waals surface area contributed by atoms with Crippen LogP contribution in [0.25, 0.3) is 11.3 Å². The first kappa shape index (κ1) is 14.5. The highest BCUT2D eigenvalue weighted by Crippen LogP contribution is 2.33. The molecule has 0 saturated heterocycles. The Morgan fingerprint density at radius 3 is 2.86 bits per heavy atom. The molecule has 0 N–H and O–H groups in total. The Hall–Kier alpha value is -2.90. The third-order valence-corrected chi connectivity index (χ3v) is 2.67. The summed E-state index contributed by atoms with van der Waals surface area (Å²) in [5, 5.41) is 11.0. The van der Waals surface area contributed by atoms with Crippen LogP contribution < -0.4 is 4.74 Å². The van der Waals surface area contributed by atoms with Gasteiger partial charge >= 0.3 is 11.7 Å². The van der Waals surface area contributed by atoms with Gasteiger partial charge in [-0.05, 0) is 19.1 Å². The molecule has 0 aliphatic rings. The molecule has 0 aliphatic carbocycles. The number of rotatable bonds is 5. The Kier molecular flexibility index (Phi) is 4.17. The Balaban J connectivity index is 2.48. The summed E-state index contributed by atoms with van der Waals surface area (Å²) >= 11 is 0. The molecule has 2 rings (SSSR count). The van der Waals surface area contributed by atoms with E-state index in [0.29, 0.717) is 5.56 Å². The van der Waals surface area contributed by atoms with Crippen molar-refractivity contribution in [2.24, 2.45) is 0 Å². The molecule has 1 heterocycles. The molecule has 110 valence electrons. The first-order chi connectivity index (χ1) is 10.1. The lowest BCUT2D eigenvalue weighted by atomic mass is 10.1. The number of carbonyl (C=O) groups excluding carboxylic acids is 1. The number of esters is 1. The maximum Gasteiger partial charge on any atom is 0.360 e. The summed E-state index contributed by atoms with van der Waals surface area (Å²) < 4.78 is 14.9. The summed E-state index contributed by atoms with van der Waals surface area (Å²) in [6, 6.07) is 4.21. The second-order valence-corrected chi connectivity index (χ2v) is 3.89. The molecular weight excluding hydrogens is 280 g/mol. The third-order valence-electron chi connectivity index (χ3n) is 2.67. The van der Waals surface area contributed by atoms with Crippen LogP contribution in [0.4, 0.5) is 5.69 Å². The molecule has 8 heteroatoms. The van der Waals surface area contributed by atoms with Gasteiger partial charge in [-0.3, -0.25) is 10.1 Å². The number of ether oxygens (including phenoxy) is 2. The first-order valence-electron chi connectivity index (χ1n) is 6.01. The monoisotopic (exact) mass is 292 g/mol. The zero-order valence-corrected chi connectivity index (χ0v) is 11.4. The molecule has 2 aromatic rings. The van der Waals surface area contributed by atoms with Gasteiger partial charge in [-0.15, -0.1) is 0 Å². The highest BCUT2D eigenvalue weighted by atomic mass is 16.6. The van der Waals surface area contributed by atoms with E-state index in [1.54, 1.807) is 6.92 Å². The van der Waals surface area contributed by atoms with Crippen molar-refractivity contribution in [2.45, 2.75) is 6.92 Å². The predicted octanol–water partition coefficient (Wildman–Crippen LogP) is 2.44. The van der Waals surface area contributed by atoms with Crippen molar-refractivity contribution >= 4 is 11.7 Å². The van der Waals surface area contributed by atoms with Crippen molar-refractivity contribution in [2.75, 3.05) is 13.7 Å². The van der Waals surface area contributed by atoms with Crippen LogP contribution in [0.1, 0.15) is 17.4 Å². The molecule has 0 unspecified atom stereocenters. The minimum absolute atomic E-state index is 0.0312. The molecule has 0 atom stereocenters. The molecule has 0 spiro atoms. The van der Waals surface area contributed by atoms with Crippen molar-refractivity contribution in [3.63, 3.8) is 0 Å². The molecule has 0 saturated carbocycles. The van der Waals surface area contributed by atoms with Crippen molar-refractivity contribution in [3.05, 3.63) is 40.4 Å². The minimum Gasteiger partial charge on any atom is -0.490 e. The molecule has 0 bridgehead atoms. The van der Waals surface area contributed by atoms with E-state index in [2.05, 4.69) is 4.98 Å². The fourth-order valence-electron chi connectivity index (χ4n) is 1.77. The summed E-state index contributed by atoms with van der Waals surface area (Å²) in [4.78, 5) is 26.0. The van der Waals surface area contributed by atoms with E-state index in [9.17, 15) is 14.9 Å². The van der Waals surface area contributed by atoms with Crippen LogP contribution in [0.2, 0.25) is 0 Å². The van der Waals surface area contributed by atoms with E-state index in [1.807, 2.05) is 0 Å². The number of methoxy groups -OCH3 is 1. The summed E-state index contributed by atoms with van der Waals surface area (Å²) in [6.07, 6.45) is 1.08. The smallest absolute Gasteiger partial charge is 0.360 e. The fourth-order valence-corrected chi connectivity index (χ4v) is 1.77. The number of nitrogens with zero attached hydrogens (tertiary/aromatic N) is 2. The Morgan fingerprint density at radius 1 is 1.48 bits per heavy atom. The topological polar surface area (TPSA) is 105 Å². The van der Waals surface area contributed by atoms with Gasteiger partial charge < -0.3 is 13.9 Å². The van der Waals surface area contributed by atoms with Gasteiger partial charge in [0.1, 0.15) is 0 Å². The van der Waals surface area contributed by atoms with Gasteiger partial charge in [0.05, 0.1) is 18.6 Å². The largest absolute Gasteiger partial charge is 0.490 e. The van der Waals surface area contributed by atoms with Gasteiger partial charge in [0.25, 0.3) is 0 Å². The maximum atomic E-state index is 11.7. The normalized spacial score (nSPS) is 10.2. The molecule has 0 radical (unpaired) electrons. The number of oxazole rings is 1. The number of carbonyl (C=O) groups is 1. The zero-order valence-electron chi connectivity index (χ0n) is 11.4. The van der Waals surface area contributed by atoms with Crippen LogP contribution in [0, 0.1) is 10.1 Å². The van der Waals surface area contributed by atoms with E-state index in [1.165, 1.54) is 25.3 Å². The van der Waals surface area contributed by atoms with Gasteiger partial charge in [-0.25, -0.2) is 9.78 Å². The van der Waals surface area contributed by atoms with E-state index >= 15 is 0 Å². The van der Waals surface area contributed by atoms with Gasteiger partial charge in [0, 0.05) is 11.6 Å². The van der Waals surface area contributed by atoms with Crippen molar-refractivity contribution < 1.29 is 23.6 Å². The lowest BCUT2D eigenvalue weighted by Crippen LogP contribution is -2.06. The van der Waals surface area contributed by atoms with Crippen LogP contribution in [0.5, 0.6) is 5.75 Å². The molecular formula is C13H12N2O6. The van der Waals surface area contributed by atoms with Crippen LogP contribution in [-0.4, -0.2) is 29.6 Å². The number of aromatic nitrogens is 1. The molecule has 0 fully saturated rings. The zero-order chi connectivity index (χ0) is 15.4. The highest BCUT2D eigenvalue weighted by Gasteiger charge is 2.23. The number of nitro groups is 1. The molecule has 8 nitrogen and oxygen atoms in total. The van der Waals surface area contributed by atoms with E-state index in [-0.39, 0.29) is 29.5 Å². The van der Waals surface area contributed by atoms with Crippen molar-refractivity contribution in [1.82, 2.24) is 4.98 Å². The number of benzene rings is 1. The van der Waals surface area contributed by atoms with Gasteiger partial charge in [0.2, 0.25) is 0 Å². The number of hydrogen-bond acceptors (Lipinski definition) is 7. The quantitative estimate of drug-likeness (QED) is 0.473. The lowest BCUT2D eigenvalue weighted by molar-refractivity contribution is -0.385. The average molecular weight is 292 g/mol. The van der Waals surface area contributed by atoms with Crippen LogP contribution in [0.3, 0.4) is 0 Å². The molecule has 0 aliphatic heterocycles. The van der Waals surface area contributed by atoms with Crippen LogP contribution in [-0.2, 0) is 4.74 Å². The highest BCUT2D eigenvalue weighted by molar-refractivity contribution is 5.93. The van der Waals surface area contributed by atoms with Crippen LogP contribution in [0.15, 0.2) is 29.0 Å². The second-order valence-electron chi connectivity index (χ2n) is 3.89. The van der Waals surface area contributed by atoms with E-state index in [4.69, 9.17) is 13.9 Å². The number of hydrogen-bond donors (Lipinski definition) is 0. The third kappa shape index (κ3) is 2.83. The lowest BCUT2D eigenvalue weighted by Gasteiger charge is -2.04. The SMILES string of the molecule is CCOC(=O)c1ncoc1-c1ccc(OC)c([N+](=O)[O-])c1. The molecule has 0 amide bonds. The van der Waals surface area contributed by atoms with E-state index in [0.717, 1.165) is 6.39 Å². The van der Waals surface area contributed by atoms with Gasteiger partial charge in [-0.1, -0.05) is 0 Å². The van der Waals surface area contributed by atoms with Gasteiger partial charge in [-0.2, -0.15) is 0 Å². The van der Waals surface area contributed by atoms with Gasteiger partial charge in [0.15, 0.2) is 23.6 Å².